The van der Waals surface area contributed by atoms with E-state index in [0.717, 1.165) is 18.4 Å². The van der Waals surface area contributed by atoms with Gasteiger partial charge in [-0.05, 0) is 24.8 Å². The standard InChI is InChI=1S/C10H16N2/c1-2-3-8-4-6-9(7-5-8)10(11)12/h4,6H,2-3,5,7H2,1H3,(H3,11,12). The van der Waals surface area contributed by atoms with Gasteiger partial charge in [-0.2, -0.15) is 0 Å². The molecule has 0 saturated carbocycles. The molecule has 66 valence electrons. The lowest BCUT2D eigenvalue weighted by molar-refractivity contribution is 0.812. The minimum Gasteiger partial charge on any atom is -0.384 e. The summed E-state index contributed by atoms with van der Waals surface area (Å²) in [6, 6.07) is 0. The van der Waals surface area contributed by atoms with Gasteiger partial charge < -0.3 is 5.73 Å². The van der Waals surface area contributed by atoms with Gasteiger partial charge in [0.1, 0.15) is 5.84 Å². The molecule has 1 aliphatic carbocycles. The molecule has 0 heterocycles. The zero-order valence-corrected chi connectivity index (χ0v) is 7.56. The second-order valence-electron chi connectivity index (χ2n) is 3.18. The number of hydrogen-bond acceptors (Lipinski definition) is 1. The summed E-state index contributed by atoms with van der Waals surface area (Å²) in [4.78, 5) is 0. The summed E-state index contributed by atoms with van der Waals surface area (Å²) in [5, 5.41) is 7.24. The zero-order valence-electron chi connectivity index (χ0n) is 7.56. The second kappa shape index (κ2) is 4.10. The topological polar surface area (TPSA) is 49.9 Å². The van der Waals surface area contributed by atoms with Crippen LogP contribution >= 0.6 is 0 Å². The summed E-state index contributed by atoms with van der Waals surface area (Å²) in [6.45, 7) is 2.19. The molecular formula is C10H16N2. The zero-order chi connectivity index (χ0) is 8.97. The fourth-order valence-electron chi connectivity index (χ4n) is 1.43. The molecule has 1 rings (SSSR count). The summed E-state index contributed by atoms with van der Waals surface area (Å²) >= 11 is 0. The van der Waals surface area contributed by atoms with Crippen molar-refractivity contribution in [3.63, 3.8) is 0 Å². The predicted molar refractivity (Wildman–Crippen MR) is 52.2 cm³/mol. The molecule has 3 N–H and O–H groups in total. The van der Waals surface area contributed by atoms with Crippen molar-refractivity contribution in [3.05, 3.63) is 23.3 Å². The van der Waals surface area contributed by atoms with Gasteiger partial charge in [-0.25, -0.2) is 0 Å². The third kappa shape index (κ3) is 2.22. The minimum absolute atomic E-state index is 0.224. The number of nitrogens with two attached hydrogens (primary N) is 1. The third-order valence-corrected chi connectivity index (χ3v) is 2.15. The Bertz CT molecular complexity index is 236. The number of nitrogens with one attached hydrogen (secondary N) is 1. The number of hydrogen-bond donors (Lipinski definition) is 2. The minimum atomic E-state index is 0.224. The molecule has 0 amide bonds. The fraction of sp³-hybridized carbons (Fsp3) is 0.500. The Labute approximate surface area is 73.7 Å². The Balaban J connectivity index is 2.60. The van der Waals surface area contributed by atoms with Crippen molar-refractivity contribution in [2.75, 3.05) is 0 Å². The number of rotatable bonds is 3. The van der Waals surface area contributed by atoms with Crippen LogP contribution in [0.15, 0.2) is 23.3 Å². The highest BCUT2D eigenvalue weighted by Gasteiger charge is 2.06. The first kappa shape index (κ1) is 9.04. The fourth-order valence-corrected chi connectivity index (χ4v) is 1.43. The number of amidine groups is 1. The van der Waals surface area contributed by atoms with Crippen LogP contribution in [0.4, 0.5) is 0 Å². The molecule has 0 bridgehead atoms. The Kier molecular flexibility index (Phi) is 3.09. The molecule has 1 aliphatic rings. The van der Waals surface area contributed by atoms with Crippen molar-refractivity contribution in [2.45, 2.75) is 32.6 Å². The van der Waals surface area contributed by atoms with Crippen molar-refractivity contribution in [2.24, 2.45) is 5.73 Å². The van der Waals surface area contributed by atoms with E-state index < -0.39 is 0 Å². The molecule has 0 unspecified atom stereocenters. The van der Waals surface area contributed by atoms with Crippen LogP contribution < -0.4 is 5.73 Å². The van der Waals surface area contributed by atoms with E-state index in [2.05, 4.69) is 13.0 Å². The van der Waals surface area contributed by atoms with E-state index in [4.69, 9.17) is 11.1 Å². The average Bonchev–Trinajstić information content (AvgIpc) is 2.06. The summed E-state index contributed by atoms with van der Waals surface area (Å²) < 4.78 is 0. The molecule has 0 fully saturated rings. The van der Waals surface area contributed by atoms with Gasteiger partial charge in [0, 0.05) is 0 Å². The first-order valence-electron chi connectivity index (χ1n) is 4.47. The molecule has 0 aromatic rings. The van der Waals surface area contributed by atoms with E-state index >= 15 is 0 Å². The maximum absolute atomic E-state index is 7.24. The highest BCUT2D eigenvalue weighted by atomic mass is 14.7. The maximum Gasteiger partial charge on any atom is 0.118 e. The molecule has 0 radical (unpaired) electrons. The highest BCUT2D eigenvalue weighted by Crippen LogP contribution is 2.21. The molecular weight excluding hydrogens is 148 g/mol. The van der Waals surface area contributed by atoms with E-state index in [9.17, 15) is 0 Å². The predicted octanol–water partition coefficient (Wildman–Crippen LogP) is 2.37. The number of allylic oxidation sites excluding steroid dienone is 3. The lowest BCUT2D eigenvalue weighted by Gasteiger charge is -2.12. The van der Waals surface area contributed by atoms with Gasteiger partial charge >= 0.3 is 0 Å². The van der Waals surface area contributed by atoms with E-state index in [1.54, 1.807) is 0 Å². The first-order chi connectivity index (χ1) is 5.74. The first-order valence-corrected chi connectivity index (χ1v) is 4.47. The van der Waals surface area contributed by atoms with Crippen LogP contribution in [0.5, 0.6) is 0 Å². The van der Waals surface area contributed by atoms with Crippen LogP contribution in [0.2, 0.25) is 0 Å². The van der Waals surface area contributed by atoms with Gasteiger partial charge in [0.05, 0.1) is 0 Å². The summed E-state index contributed by atoms with van der Waals surface area (Å²) in [5.41, 5.74) is 7.84. The lowest BCUT2D eigenvalue weighted by Crippen LogP contribution is -2.14. The van der Waals surface area contributed by atoms with Crippen molar-refractivity contribution in [1.82, 2.24) is 0 Å². The Hall–Kier alpha value is -1.05. The van der Waals surface area contributed by atoms with Crippen LogP contribution in [0.3, 0.4) is 0 Å². The Morgan fingerprint density at radius 2 is 2.25 bits per heavy atom. The van der Waals surface area contributed by atoms with E-state index in [0.29, 0.717) is 0 Å². The normalized spacial score (nSPS) is 16.8. The molecule has 0 aromatic heterocycles. The van der Waals surface area contributed by atoms with Gasteiger partial charge in [0.25, 0.3) is 0 Å². The smallest absolute Gasteiger partial charge is 0.118 e. The molecule has 0 saturated heterocycles. The molecule has 0 aromatic carbocycles. The summed E-state index contributed by atoms with van der Waals surface area (Å²) in [5.74, 6) is 0.224. The van der Waals surface area contributed by atoms with Crippen molar-refractivity contribution < 1.29 is 0 Å². The summed E-state index contributed by atoms with van der Waals surface area (Å²) in [7, 11) is 0. The molecule has 0 atom stereocenters. The van der Waals surface area contributed by atoms with Crippen molar-refractivity contribution >= 4 is 5.84 Å². The highest BCUT2D eigenvalue weighted by molar-refractivity contribution is 5.94. The Morgan fingerprint density at radius 1 is 1.50 bits per heavy atom. The van der Waals surface area contributed by atoms with Crippen LogP contribution in [0.25, 0.3) is 0 Å². The maximum atomic E-state index is 7.24. The quantitative estimate of drug-likeness (QED) is 0.488. The monoisotopic (exact) mass is 164 g/mol. The molecule has 0 aliphatic heterocycles. The van der Waals surface area contributed by atoms with Crippen LogP contribution in [0.1, 0.15) is 32.6 Å². The molecule has 2 heteroatoms. The van der Waals surface area contributed by atoms with Crippen molar-refractivity contribution in [1.29, 1.82) is 5.41 Å². The van der Waals surface area contributed by atoms with Crippen molar-refractivity contribution in [3.8, 4) is 0 Å². The van der Waals surface area contributed by atoms with E-state index in [1.807, 2.05) is 6.08 Å². The molecule has 2 nitrogen and oxygen atoms in total. The third-order valence-electron chi connectivity index (χ3n) is 2.15. The SMILES string of the molecule is CCCC1=CC=C(C(=N)N)CC1. The lowest BCUT2D eigenvalue weighted by atomic mass is 9.95. The molecule has 12 heavy (non-hydrogen) atoms. The average molecular weight is 164 g/mol. The molecule has 0 spiro atoms. The van der Waals surface area contributed by atoms with E-state index in [-0.39, 0.29) is 5.84 Å². The van der Waals surface area contributed by atoms with Crippen LogP contribution in [-0.2, 0) is 0 Å². The largest absolute Gasteiger partial charge is 0.384 e. The Morgan fingerprint density at radius 3 is 2.67 bits per heavy atom. The van der Waals surface area contributed by atoms with E-state index in [1.165, 1.54) is 18.4 Å². The van der Waals surface area contributed by atoms with Crippen LogP contribution in [0, 0.1) is 5.41 Å². The van der Waals surface area contributed by atoms with Crippen LogP contribution in [-0.4, -0.2) is 5.84 Å². The van der Waals surface area contributed by atoms with Gasteiger partial charge in [-0.3, -0.25) is 5.41 Å². The van der Waals surface area contributed by atoms with Gasteiger partial charge in [0.15, 0.2) is 0 Å². The summed E-state index contributed by atoms with van der Waals surface area (Å²) in [6.07, 6.45) is 8.51. The van der Waals surface area contributed by atoms with Gasteiger partial charge in [-0.1, -0.05) is 31.1 Å². The van der Waals surface area contributed by atoms with Gasteiger partial charge in [0.2, 0.25) is 0 Å². The second-order valence-corrected chi connectivity index (χ2v) is 3.18. The van der Waals surface area contributed by atoms with Gasteiger partial charge in [-0.15, -0.1) is 0 Å².